The third-order valence-corrected chi connectivity index (χ3v) is 5.09. The summed E-state index contributed by atoms with van der Waals surface area (Å²) in [7, 11) is 0. The second kappa shape index (κ2) is 27.2. The first-order valence-electron chi connectivity index (χ1n) is 13.5. The van der Waals surface area contributed by atoms with Crippen LogP contribution in [0.25, 0.3) is 0 Å². The predicted molar refractivity (Wildman–Crippen MR) is 152 cm³/mol. The van der Waals surface area contributed by atoms with Crippen molar-refractivity contribution >= 4 is 0 Å². The Morgan fingerprint density at radius 3 is 1.50 bits per heavy atom. The van der Waals surface area contributed by atoms with Crippen LogP contribution in [0.15, 0.2) is 48.5 Å². The topological polar surface area (TPSA) is 78.5 Å². The van der Waals surface area contributed by atoms with Crippen LogP contribution >= 0.6 is 0 Å². The van der Waals surface area contributed by atoms with Crippen molar-refractivity contribution in [1.82, 2.24) is 5.32 Å². The molecule has 0 spiro atoms. The Bertz CT molecular complexity index is 654. The number of nitrogens with two attached hydrogens (primary N) is 1. The van der Waals surface area contributed by atoms with Crippen molar-refractivity contribution in [3.05, 3.63) is 59.7 Å². The van der Waals surface area contributed by atoms with E-state index in [9.17, 15) is 5.11 Å². The molecule has 0 aliphatic heterocycles. The predicted octanol–water partition coefficient (Wildman–Crippen LogP) is 8.26. The molecular formula is C30H56N2O2. The van der Waals surface area contributed by atoms with Gasteiger partial charge in [0.1, 0.15) is 11.5 Å². The SMILES string of the molecule is CC.CC.CC.CC.CC1CCC(CNCc2ccccc2O)CC1.NCc1ccccc1O. The number of phenols is 2. The molecule has 1 fully saturated rings. The lowest BCUT2D eigenvalue weighted by molar-refractivity contribution is 0.281. The van der Waals surface area contributed by atoms with Gasteiger partial charge in [0, 0.05) is 24.2 Å². The van der Waals surface area contributed by atoms with E-state index in [2.05, 4.69) is 12.2 Å². The van der Waals surface area contributed by atoms with E-state index >= 15 is 0 Å². The first-order valence-corrected chi connectivity index (χ1v) is 13.5. The number of benzene rings is 2. The highest BCUT2D eigenvalue weighted by atomic mass is 16.3. The molecule has 5 N–H and O–H groups in total. The summed E-state index contributed by atoms with van der Waals surface area (Å²) < 4.78 is 0. The van der Waals surface area contributed by atoms with Crippen molar-refractivity contribution in [2.75, 3.05) is 6.54 Å². The molecule has 4 nitrogen and oxygen atoms in total. The highest BCUT2D eigenvalue weighted by molar-refractivity contribution is 5.32. The van der Waals surface area contributed by atoms with Crippen molar-refractivity contribution in [2.24, 2.45) is 17.6 Å². The summed E-state index contributed by atoms with van der Waals surface area (Å²) in [4.78, 5) is 0. The fourth-order valence-corrected chi connectivity index (χ4v) is 3.29. The quantitative estimate of drug-likeness (QED) is 0.350. The lowest BCUT2D eigenvalue weighted by Crippen LogP contribution is -2.25. The van der Waals surface area contributed by atoms with Crippen molar-refractivity contribution in [2.45, 2.75) is 101 Å². The fraction of sp³-hybridized carbons (Fsp3) is 0.600. The Kier molecular flexibility index (Phi) is 29.2. The second-order valence-electron chi connectivity index (χ2n) is 7.22. The second-order valence-corrected chi connectivity index (χ2v) is 7.22. The van der Waals surface area contributed by atoms with Crippen LogP contribution in [0.2, 0.25) is 0 Å². The molecule has 0 radical (unpaired) electrons. The van der Waals surface area contributed by atoms with Gasteiger partial charge in [-0.15, -0.1) is 0 Å². The maximum atomic E-state index is 9.64. The lowest BCUT2D eigenvalue weighted by Gasteiger charge is -2.26. The molecule has 198 valence electrons. The molecule has 2 aromatic rings. The highest BCUT2D eigenvalue weighted by Gasteiger charge is 2.17. The third kappa shape index (κ3) is 17.4. The molecule has 1 aliphatic rings. The third-order valence-electron chi connectivity index (χ3n) is 5.09. The van der Waals surface area contributed by atoms with Crippen LogP contribution in [0.3, 0.4) is 0 Å². The van der Waals surface area contributed by atoms with Crippen LogP contribution < -0.4 is 11.1 Å². The Labute approximate surface area is 212 Å². The van der Waals surface area contributed by atoms with Crippen LogP contribution in [0.4, 0.5) is 0 Å². The maximum absolute atomic E-state index is 9.64. The number of phenolic OH excluding ortho intramolecular Hbond substituents is 2. The Balaban J connectivity index is -0.000000479. The zero-order valence-electron chi connectivity index (χ0n) is 23.7. The molecule has 0 aromatic heterocycles. The summed E-state index contributed by atoms with van der Waals surface area (Å²) in [6.45, 7) is 20.6. The van der Waals surface area contributed by atoms with Gasteiger partial charge in [-0.1, -0.05) is 112 Å². The summed E-state index contributed by atoms with van der Waals surface area (Å²) in [5.41, 5.74) is 7.08. The summed E-state index contributed by atoms with van der Waals surface area (Å²) in [5, 5.41) is 22.1. The van der Waals surface area contributed by atoms with Gasteiger partial charge in [0.05, 0.1) is 0 Å². The maximum Gasteiger partial charge on any atom is 0.120 e. The first kappa shape index (κ1) is 36.5. The number of rotatable bonds is 5. The van der Waals surface area contributed by atoms with E-state index in [4.69, 9.17) is 10.8 Å². The Morgan fingerprint density at radius 1 is 0.706 bits per heavy atom. The molecule has 0 heterocycles. The minimum Gasteiger partial charge on any atom is -0.508 e. The summed E-state index contributed by atoms with van der Waals surface area (Å²) >= 11 is 0. The summed E-state index contributed by atoms with van der Waals surface area (Å²) in [6, 6.07) is 14.6. The fourth-order valence-electron chi connectivity index (χ4n) is 3.29. The van der Waals surface area contributed by atoms with Crippen LogP contribution in [-0.2, 0) is 13.1 Å². The van der Waals surface area contributed by atoms with Gasteiger partial charge in [-0.05, 0) is 43.4 Å². The van der Waals surface area contributed by atoms with E-state index in [1.54, 1.807) is 24.3 Å². The first-order chi connectivity index (χ1) is 16.6. The number of nitrogens with one attached hydrogen (secondary N) is 1. The molecule has 34 heavy (non-hydrogen) atoms. The van der Waals surface area contributed by atoms with Gasteiger partial charge in [0.2, 0.25) is 0 Å². The van der Waals surface area contributed by atoms with Gasteiger partial charge >= 0.3 is 0 Å². The van der Waals surface area contributed by atoms with Gasteiger partial charge < -0.3 is 21.3 Å². The van der Waals surface area contributed by atoms with Gasteiger partial charge in [0.25, 0.3) is 0 Å². The molecule has 0 atom stereocenters. The molecule has 0 saturated heterocycles. The minimum absolute atomic E-state index is 0.278. The highest BCUT2D eigenvalue weighted by Crippen LogP contribution is 2.27. The number of aromatic hydroxyl groups is 2. The van der Waals surface area contributed by atoms with E-state index < -0.39 is 0 Å². The van der Waals surface area contributed by atoms with E-state index in [1.165, 1.54) is 25.7 Å². The molecule has 1 saturated carbocycles. The number of hydrogen-bond acceptors (Lipinski definition) is 4. The molecule has 0 amide bonds. The normalized spacial score (nSPS) is 15.6. The van der Waals surface area contributed by atoms with Crippen molar-refractivity contribution in [3.63, 3.8) is 0 Å². The van der Waals surface area contributed by atoms with Crippen LogP contribution in [-0.4, -0.2) is 16.8 Å². The van der Waals surface area contributed by atoms with Gasteiger partial charge in [0.15, 0.2) is 0 Å². The average Bonchev–Trinajstić information content (AvgIpc) is 2.92. The van der Waals surface area contributed by atoms with Gasteiger partial charge in [-0.2, -0.15) is 0 Å². The minimum atomic E-state index is 0.278. The molecule has 0 unspecified atom stereocenters. The van der Waals surface area contributed by atoms with Crippen LogP contribution in [0.5, 0.6) is 11.5 Å². The zero-order valence-corrected chi connectivity index (χ0v) is 23.7. The molecule has 3 rings (SSSR count). The van der Waals surface area contributed by atoms with Gasteiger partial charge in [-0.25, -0.2) is 0 Å². The van der Waals surface area contributed by atoms with Crippen LogP contribution in [0, 0.1) is 11.8 Å². The van der Waals surface area contributed by atoms with Gasteiger partial charge in [-0.3, -0.25) is 0 Å². The molecular weight excluding hydrogens is 420 g/mol. The van der Waals surface area contributed by atoms with Crippen molar-refractivity contribution in [1.29, 1.82) is 0 Å². The molecule has 2 aromatic carbocycles. The lowest BCUT2D eigenvalue weighted by atomic mass is 9.83. The molecule has 4 heteroatoms. The smallest absolute Gasteiger partial charge is 0.120 e. The Morgan fingerprint density at radius 2 is 1.12 bits per heavy atom. The Hall–Kier alpha value is -2.04. The van der Waals surface area contributed by atoms with E-state index in [0.717, 1.165) is 36.1 Å². The van der Waals surface area contributed by atoms with Crippen molar-refractivity contribution in [3.8, 4) is 11.5 Å². The number of para-hydroxylation sites is 2. The zero-order chi connectivity index (χ0) is 26.8. The standard InChI is InChI=1S/C15H23NO.C7H9NO.4C2H6/c1-12-6-8-13(9-7-12)10-16-11-14-4-2-3-5-15(14)17;8-5-6-3-1-2-4-7(6)9;4*1-2/h2-5,12-13,16-17H,6-11H2,1H3;1-4,9H,5,8H2;4*1-2H3. The van der Waals surface area contributed by atoms with E-state index in [1.807, 2.05) is 79.7 Å². The molecule has 0 bridgehead atoms. The van der Waals surface area contributed by atoms with Crippen molar-refractivity contribution < 1.29 is 10.2 Å². The largest absolute Gasteiger partial charge is 0.508 e. The number of hydrogen-bond donors (Lipinski definition) is 4. The van der Waals surface area contributed by atoms with Crippen LogP contribution in [0.1, 0.15) is 99.1 Å². The average molecular weight is 477 g/mol. The molecule has 1 aliphatic carbocycles. The van der Waals surface area contributed by atoms with E-state index in [-0.39, 0.29) is 5.75 Å². The monoisotopic (exact) mass is 476 g/mol. The summed E-state index contributed by atoms with van der Waals surface area (Å²) in [6.07, 6.45) is 5.47. The van der Waals surface area contributed by atoms with E-state index in [0.29, 0.717) is 12.3 Å². The summed E-state index contributed by atoms with van der Waals surface area (Å²) in [5.74, 6) is 2.43.